The summed E-state index contributed by atoms with van der Waals surface area (Å²) in [5.74, 6) is 1.56. The number of rotatable bonds is 7. The Morgan fingerprint density at radius 1 is 1.17 bits per heavy atom. The van der Waals surface area contributed by atoms with Gasteiger partial charge in [0.1, 0.15) is 16.8 Å². The zero-order valence-corrected chi connectivity index (χ0v) is 12.5. The quantitative estimate of drug-likeness (QED) is 0.611. The predicted octanol–water partition coefficient (Wildman–Crippen LogP) is 2.89. The SMILES string of the molecule is CCN(CC)CCCNc1nc(C)nc(Cl)c1C. The molecule has 0 radical (unpaired) electrons. The number of hydrogen-bond donors (Lipinski definition) is 1. The van der Waals surface area contributed by atoms with Crippen molar-refractivity contribution in [1.82, 2.24) is 14.9 Å². The molecule has 0 amide bonds. The van der Waals surface area contributed by atoms with Crippen molar-refractivity contribution in [1.29, 1.82) is 0 Å². The van der Waals surface area contributed by atoms with Gasteiger partial charge in [-0.2, -0.15) is 0 Å². The highest BCUT2D eigenvalue weighted by Gasteiger charge is 2.06. The van der Waals surface area contributed by atoms with Gasteiger partial charge in [-0.3, -0.25) is 0 Å². The largest absolute Gasteiger partial charge is 0.370 e. The van der Waals surface area contributed by atoms with E-state index in [2.05, 4.69) is 34.0 Å². The van der Waals surface area contributed by atoms with E-state index in [4.69, 9.17) is 11.6 Å². The summed E-state index contributed by atoms with van der Waals surface area (Å²) in [4.78, 5) is 10.9. The van der Waals surface area contributed by atoms with Crippen molar-refractivity contribution in [2.45, 2.75) is 34.1 Å². The summed E-state index contributed by atoms with van der Waals surface area (Å²) in [5, 5.41) is 3.87. The Kier molecular flexibility index (Phi) is 6.36. The molecule has 0 bridgehead atoms. The van der Waals surface area contributed by atoms with E-state index in [1.54, 1.807) is 0 Å². The molecule has 1 aromatic rings. The smallest absolute Gasteiger partial charge is 0.137 e. The molecular formula is C13H23ClN4. The van der Waals surface area contributed by atoms with Crippen molar-refractivity contribution in [2.75, 3.05) is 31.5 Å². The van der Waals surface area contributed by atoms with E-state index < -0.39 is 0 Å². The van der Waals surface area contributed by atoms with Gasteiger partial charge in [0, 0.05) is 12.1 Å². The number of nitrogens with zero attached hydrogens (tertiary/aromatic N) is 3. The number of aryl methyl sites for hydroxylation is 1. The summed E-state index contributed by atoms with van der Waals surface area (Å²) in [6.07, 6.45) is 1.10. The molecule has 1 rings (SSSR count). The van der Waals surface area contributed by atoms with Crippen LogP contribution in [0.1, 0.15) is 31.7 Å². The molecule has 0 aliphatic carbocycles. The molecule has 0 unspecified atom stereocenters. The Morgan fingerprint density at radius 2 is 1.83 bits per heavy atom. The number of hydrogen-bond acceptors (Lipinski definition) is 4. The third kappa shape index (κ3) is 4.42. The molecule has 18 heavy (non-hydrogen) atoms. The second kappa shape index (κ2) is 7.54. The van der Waals surface area contributed by atoms with Crippen LogP contribution in [-0.4, -0.2) is 41.0 Å². The summed E-state index contributed by atoms with van der Waals surface area (Å²) in [7, 11) is 0. The normalized spacial score (nSPS) is 11.0. The molecule has 1 N–H and O–H groups in total. The summed E-state index contributed by atoms with van der Waals surface area (Å²) < 4.78 is 0. The van der Waals surface area contributed by atoms with Gasteiger partial charge in [0.15, 0.2) is 0 Å². The average molecular weight is 271 g/mol. The Morgan fingerprint density at radius 3 is 2.44 bits per heavy atom. The van der Waals surface area contributed by atoms with E-state index in [0.29, 0.717) is 11.0 Å². The molecule has 0 aliphatic heterocycles. The van der Waals surface area contributed by atoms with Gasteiger partial charge in [0.25, 0.3) is 0 Å². The van der Waals surface area contributed by atoms with Crippen LogP contribution in [0.2, 0.25) is 5.15 Å². The Hall–Kier alpha value is -0.870. The highest BCUT2D eigenvalue weighted by Crippen LogP contribution is 2.19. The van der Waals surface area contributed by atoms with E-state index in [9.17, 15) is 0 Å². The monoisotopic (exact) mass is 270 g/mol. The molecule has 0 spiro atoms. The predicted molar refractivity (Wildman–Crippen MR) is 77.4 cm³/mol. The van der Waals surface area contributed by atoms with Gasteiger partial charge in [-0.1, -0.05) is 25.4 Å². The zero-order valence-electron chi connectivity index (χ0n) is 11.8. The first-order valence-electron chi connectivity index (χ1n) is 6.55. The Balaban J connectivity index is 2.44. The fourth-order valence-electron chi connectivity index (χ4n) is 1.82. The molecule has 0 atom stereocenters. The molecule has 102 valence electrons. The highest BCUT2D eigenvalue weighted by molar-refractivity contribution is 6.30. The molecule has 4 nitrogen and oxygen atoms in total. The van der Waals surface area contributed by atoms with E-state index in [1.807, 2.05) is 13.8 Å². The van der Waals surface area contributed by atoms with Gasteiger partial charge >= 0.3 is 0 Å². The first kappa shape index (κ1) is 15.2. The summed E-state index contributed by atoms with van der Waals surface area (Å²) in [5.41, 5.74) is 0.921. The van der Waals surface area contributed by atoms with Crippen LogP contribution >= 0.6 is 11.6 Å². The molecule has 0 aliphatic rings. The molecule has 1 aromatic heterocycles. The van der Waals surface area contributed by atoms with Gasteiger partial charge in [-0.25, -0.2) is 9.97 Å². The van der Waals surface area contributed by atoms with Gasteiger partial charge < -0.3 is 10.2 Å². The van der Waals surface area contributed by atoms with Gasteiger partial charge in [-0.05, 0) is 39.9 Å². The summed E-state index contributed by atoms with van der Waals surface area (Å²) >= 11 is 6.03. The van der Waals surface area contributed by atoms with Gasteiger partial charge in [0.05, 0.1) is 0 Å². The molecular weight excluding hydrogens is 248 g/mol. The van der Waals surface area contributed by atoms with Crippen molar-refractivity contribution in [3.05, 3.63) is 16.5 Å². The number of nitrogens with one attached hydrogen (secondary N) is 1. The minimum absolute atomic E-state index is 0.536. The maximum Gasteiger partial charge on any atom is 0.137 e. The second-order valence-electron chi connectivity index (χ2n) is 4.34. The number of anilines is 1. The first-order valence-corrected chi connectivity index (χ1v) is 6.93. The lowest BCUT2D eigenvalue weighted by Crippen LogP contribution is -2.25. The van der Waals surface area contributed by atoms with Crippen molar-refractivity contribution in [2.24, 2.45) is 0 Å². The molecule has 0 saturated carbocycles. The van der Waals surface area contributed by atoms with Gasteiger partial charge in [0.2, 0.25) is 0 Å². The third-order valence-corrected chi connectivity index (χ3v) is 3.40. The van der Waals surface area contributed by atoms with E-state index in [1.165, 1.54) is 0 Å². The lowest BCUT2D eigenvalue weighted by molar-refractivity contribution is 0.303. The Bertz CT molecular complexity index is 377. The van der Waals surface area contributed by atoms with Crippen LogP contribution < -0.4 is 5.32 Å². The van der Waals surface area contributed by atoms with Crippen LogP contribution in [0.5, 0.6) is 0 Å². The summed E-state index contributed by atoms with van der Waals surface area (Å²) in [6, 6.07) is 0. The van der Waals surface area contributed by atoms with Crippen LogP contribution in [-0.2, 0) is 0 Å². The fourth-order valence-corrected chi connectivity index (χ4v) is 2.03. The third-order valence-electron chi connectivity index (χ3n) is 3.04. The van der Waals surface area contributed by atoms with Crippen LogP contribution in [0.15, 0.2) is 0 Å². The van der Waals surface area contributed by atoms with Crippen molar-refractivity contribution in [3.8, 4) is 0 Å². The van der Waals surface area contributed by atoms with Crippen molar-refractivity contribution in [3.63, 3.8) is 0 Å². The fraction of sp³-hybridized carbons (Fsp3) is 0.692. The topological polar surface area (TPSA) is 41.0 Å². The molecule has 0 aromatic carbocycles. The number of halogens is 1. The highest BCUT2D eigenvalue weighted by atomic mass is 35.5. The molecule has 0 saturated heterocycles. The maximum atomic E-state index is 6.03. The lowest BCUT2D eigenvalue weighted by Gasteiger charge is -2.18. The average Bonchev–Trinajstić information content (AvgIpc) is 2.35. The van der Waals surface area contributed by atoms with Gasteiger partial charge in [-0.15, -0.1) is 0 Å². The maximum absolute atomic E-state index is 6.03. The Labute approximate surface area is 115 Å². The van der Waals surface area contributed by atoms with E-state index >= 15 is 0 Å². The molecule has 1 heterocycles. The lowest BCUT2D eigenvalue weighted by atomic mass is 10.3. The zero-order chi connectivity index (χ0) is 13.5. The van der Waals surface area contributed by atoms with Crippen LogP contribution in [0.4, 0.5) is 5.82 Å². The first-order chi connectivity index (χ1) is 8.58. The molecule has 0 fully saturated rings. The minimum Gasteiger partial charge on any atom is -0.370 e. The van der Waals surface area contributed by atoms with Crippen molar-refractivity contribution < 1.29 is 0 Å². The van der Waals surface area contributed by atoms with E-state index in [-0.39, 0.29) is 0 Å². The standard InChI is InChI=1S/C13H23ClN4/c1-5-18(6-2)9-7-8-15-13-10(3)12(14)16-11(4)17-13/h5-9H2,1-4H3,(H,15,16,17). The van der Waals surface area contributed by atoms with Crippen LogP contribution in [0, 0.1) is 13.8 Å². The molecule has 5 heteroatoms. The van der Waals surface area contributed by atoms with E-state index in [0.717, 1.165) is 44.0 Å². The van der Waals surface area contributed by atoms with Crippen molar-refractivity contribution >= 4 is 17.4 Å². The van der Waals surface area contributed by atoms with Crippen LogP contribution in [0.3, 0.4) is 0 Å². The van der Waals surface area contributed by atoms with Crippen LogP contribution in [0.25, 0.3) is 0 Å². The summed E-state index contributed by atoms with van der Waals surface area (Å²) in [6.45, 7) is 12.4. The minimum atomic E-state index is 0.536. The number of aromatic nitrogens is 2. The second-order valence-corrected chi connectivity index (χ2v) is 4.70.